The van der Waals surface area contributed by atoms with Gasteiger partial charge in [0.2, 0.25) is 5.95 Å². The highest BCUT2D eigenvalue weighted by Crippen LogP contribution is 1.90. The summed E-state index contributed by atoms with van der Waals surface area (Å²) in [5, 5.41) is 0. The molecule has 3 heteroatoms. The van der Waals surface area contributed by atoms with Gasteiger partial charge in [-0.15, -0.1) is 0 Å². The van der Waals surface area contributed by atoms with E-state index in [1.54, 1.807) is 6.07 Å². The van der Waals surface area contributed by atoms with Crippen molar-refractivity contribution in [3.05, 3.63) is 18.0 Å². The van der Waals surface area contributed by atoms with Crippen LogP contribution in [0.5, 0.6) is 0 Å². The van der Waals surface area contributed by atoms with Crippen molar-refractivity contribution in [3.63, 3.8) is 0 Å². The first-order valence-corrected chi connectivity index (χ1v) is 2.26. The monoisotopic (exact) mass is 108 g/mol. The third-order valence-electron chi connectivity index (χ3n) is 0.743. The lowest BCUT2D eigenvalue weighted by atomic mass is 10.5. The first kappa shape index (κ1) is 5.03. The Morgan fingerprint density at radius 2 is 2.50 bits per heavy atom. The van der Waals surface area contributed by atoms with E-state index in [9.17, 15) is 0 Å². The van der Waals surface area contributed by atoms with Crippen molar-refractivity contribution < 1.29 is 0 Å². The maximum absolute atomic E-state index is 5.21. The summed E-state index contributed by atoms with van der Waals surface area (Å²) in [5.74, 6) is 0.282. The van der Waals surface area contributed by atoms with E-state index in [0.29, 0.717) is 0 Å². The minimum absolute atomic E-state index is 0.282. The number of hydrogen-bond acceptors (Lipinski definition) is 3. The van der Waals surface area contributed by atoms with Crippen LogP contribution < -0.4 is 5.73 Å². The molecule has 0 saturated heterocycles. The second-order valence-electron chi connectivity index (χ2n) is 1.50. The van der Waals surface area contributed by atoms with Crippen molar-refractivity contribution in [2.45, 2.75) is 6.92 Å². The van der Waals surface area contributed by atoms with E-state index in [2.05, 4.69) is 16.2 Å². The Balaban J connectivity index is 3.08. The number of rotatable bonds is 0. The summed E-state index contributed by atoms with van der Waals surface area (Å²) in [4.78, 5) is 7.39. The molecule has 1 heterocycles. The van der Waals surface area contributed by atoms with E-state index >= 15 is 0 Å². The van der Waals surface area contributed by atoms with E-state index in [-0.39, 0.29) is 5.95 Å². The standard InChI is InChI=1S/C5H6N3/c1-4-2-3-7-5(6)8-4/h2H,1H3,(H2,6,7,8). The molecule has 1 aromatic rings. The molecule has 1 radical (unpaired) electrons. The Kier molecular flexibility index (Phi) is 1.12. The molecule has 2 N–H and O–H groups in total. The van der Waals surface area contributed by atoms with Gasteiger partial charge in [0, 0.05) is 5.69 Å². The number of hydrogen-bond donors (Lipinski definition) is 1. The summed E-state index contributed by atoms with van der Waals surface area (Å²) >= 11 is 0. The van der Waals surface area contributed by atoms with Crippen LogP contribution in [0.4, 0.5) is 5.95 Å². The molecular formula is C5H6N3. The predicted molar refractivity (Wildman–Crippen MR) is 30.0 cm³/mol. The van der Waals surface area contributed by atoms with Gasteiger partial charge in [0.05, 0.1) is 6.20 Å². The smallest absolute Gasteiger partial charge is 0.220 e. The summed E-state index contributed by atoms with van der Waals surface area (Å²) in [6.07, 6.45) is 2.59. The third kappa shape index (κ3) is 0.932. The van der Waals surface area contributed by atoms with Crippen LogP contribution in [-0.2, 0) is 0 Å². The maximum Gasteiger partial charge on any atom is 0.220 e. The molecule has 41 valence electrons. The average molecular weight is 108 g/mol. The predicted octanol–water partition coefficient (Wildman–Crippen LogP) is 0.167. The van der Waals surface area contributed by atoms with E-state index in [4.69, 9.17) is 5.73 Å². The molecule has 0 unspecified atom stereocenters. The van der Waals surface area contributed by atoms with Gasteiger partial charge in [-0.25, -0.2) is 9.97 Å². The first-order valence-electron chi connectivity index (χ1n) is 2.26. The number of aromatic nitrogens is 2. The Labute approximate surface area is 47.6 Å². The third-order valence-corrected chi connectivity index (χ3v) is 0.743. The topological polar surface area (TPSA) is 51.8 Å². The highest BCUT2D eigenvalue weighted by atomic mass is 15.0. The van der Waals surface area contributed by atoms with E-state index in [1.165, 1.54) is 0 Å². The molecule has 0 aliphatic heterocycles. The Morgan fingerprint density at radius 3 is 2.88 bits per heavy atom. The molecule has 3 nitrogen and oxygen atoms in total. The highest BCUT2D eigenvalue weighted by Gasteiger charge is 1.84. The number of anilines is 1. The van der Waals surface area contributed by atoms with Crippen LogP contribution >= 0.6 is 0 Å². The SMILES string of the molecule is Cc1c[c]nc(N)n1. The van der Waals surface area contributed by atoms with E-state index in [1.807, 2.05) is 6.92 Å². The van der Waals surface area contributed by atoms with Crippen molar-refractivity contribution in [2.75, 3.05) is 5.73 Å². The van der Waals surface area contributed by atoms with E-state index in [0.717, 1.165) is 5.69 Å². The van der Waals surface area contributed by atoms with Gasteiger partial charge in [-0.2, -0.15) is 0 Å². The Hall–Kier alpha value is -1.12. The molecule has 0 aromatic carbocycles. The lowest BCUT2D eigenvalue weighted by molar-refractivity contribution is 1.11. The average Bonchev–Trinajstić information content (AvgIpc) is 1.64. The Bertz CT molecular complexity index is 168. The summed E-state index contributed by atoms with van der Waals surface area (Å²) in [6.45, 7) is 1.84. The van der Waals surface area contributed by atoms with Crippen LogP contribution in [0.15, 0.2) is 6.07 Å². The van der Waals surface area contributed by atoms with Crippen LogP contribution in [-0.4, -0.2) is 9.97 Å². The molecule has 0 amide bonds. The van der Waals surface area contributed by atoms with Gasteiger partial charge in [-0.1, -0.05) is 0 Å². The molecule has 0 bridgehead atoms. The number of aryl methyl sites for hydroxylation is 1. The van der Waals surface area contributed by atoms with E-state index < -0.39 is 0 Å². The van der Waals surface area contributed by atoms with Crippen molar-refractivity contribution in [1.82, 2.24) is 9.97 Å². The highest BCUT2D eigenvalue weighted by molar-refractivity contribution is 5.15. The van der Waals surface area contributed by atoms with Gasteiger partial charge in [0.1, 0.15) is 0 Å². The summed E-state index contributed by atoms with van der Waals surface area (Å²) < 4.78 is 0. The van der Waals surface area contributed by atoms with Gasteiger partial charge < -0.3 is 5.73 Å². The molecule has 1 aromatic heterocycles. The molecule has 0 saturated carbocycles. The largest absolute Gasteiger partial charge is 0.368 e. The molecule has 0 fully saturated rings. The van der Waals surface area contributed by atoms with Gasteiger partial charge in [0.15, 0.2) is 0 Å². The molecule has 0 aliphatic carbocycles. The zero-order valence-corrected chi connectivity index (χ0v) is 4.55. The van der Waals surface area contributed by atoms with Crippen molar-refractivity contribution in [1.29, 1.82) is 0 Å². The van der Waals surface area contributed by atoms with Crippen LogP contribution in [0, 0.1) is 13.1 Å². The van der Waals surface area contributed by atoms with Gasteiger partial charge >= 0.3 is 0 Å². The van der Waals surface area contributed by atoms with Crippen LogP contribution in [0.3, 0.4) is 0 Å². The van der Waals surface area contributed by atoms with Crippen molar-refractivity contribution in [3.8, 4) is 0 Å². The molecule has 0 aliphatic rings. The normalized spacial score (nSPS) is 9.12. The molecular weight excluding hydrogens is 102 g/mol. The van der Waals surface area contributed by atoms with Crippen molar-refractivity contribution in [2.24, 2.45) is 0 Å². The van der Waals surface area contributed by atoms with Crippen LogP contribution in [0.2, 0.25) is 0 Å². The number of nitrogens with two attached hydrogens (primary N) is 1. The molecule has 0 atom stereocenters. The lowest BCUT2D eigenvalue weighted by Crippen LogP contribution is -1.94. The fourth-order valence-electron chi connectivity index (χ4n) is 0.430. The fourth-order valence-corrected chi connectivity index (χ4v) is 0.430. The second-order valence-corrected chi connectivity index (χ2v) is 1.50. The Morgan fingerprint density at radius 1 is 1.75 bits per heavy atom. The zero-order valence-electron chi connectivity index (χ0n) is 4.55. The van der Waals surface area contributed by atoms with Gasteiger partial charge in [0.25, 0.3) is 0 Å². The summed E-state index contributed by atoms with van der Waals surface area (Å²) in [5.41, 5.74) is 6.05. The van der Waals surface area contributed by atoms with Gasteiger partial charge in [-0.3, -0.25) is 0 Å². The van der Waals surface area contributed by atoms with Gasteiger partial charge in [-0.05, 0) is 13.0 Å². The second kappa shape index (κ2) is 1.78. The molecule has 1 rings (SSSR count). The lowest BCUT2D eigenvalue weighted by Gasteiger charge is -1.88. The number of nitrogens with zero attached hydrogens (tertiary/aromatic N) is 2. The molecule has 8 heavy (non-hydrogen) atoms. The first-order chi connectivity index (χ1) is 3.79. The summed E-state index contributed by atoms with van der Waals surface area (Å²) in [7, 11) is 0. The van der Waals surface area contributed by atoms with Crippen LogP contribution in [0.1, 0.15) is 5.69 Å². The zero-order chi connectivity index (χ0) is 5.98. The maximum atomic E-state index is 5.21. The van der Waals surface area contributed by atoms with Crippen LogP contribution in [0.25, 0.3) is 0 Å². The minimum Gasteiger partial charge on any atom is -0.368 e. The minimum atomic E-state index is 0.282. The quantitative estimate of drug-likeness (QED) is 0.515. The van der Waals surface area contributed by atoms with Crippen molar-refractivity contribution >= 4 is 5.95 Å². The molecule has 0 spiro atoms. The fraction of sp³-hybridized carbons (Fsp3) is 0.200. The summed E-state index contributed by atoms with van der Waals surface area (Å²) in [6, 6.07) is 1.68. The number of nitrogen functional groups attached to an aromatic ring is 1.